The zero-order chi connectivity index (χ0) is 15.6. The fraction of sp³-hybridized carbons (Fsp3) is 0.231. The van der Waals surface area contributed by atoms with Gasteiger partial charge in [0.25, 0.3) is 15.9 Å². The summed E-state index contributed by atoms with van der Waals surface area (Å²) in [6, 6.07) is 6.40. The van der Waals surface area contributed by atoms with Crippen LogP contribution in [0.4, 0.5) is 5.69 Å². The normalized spacial score (nSPS) is 11.2. The second-order valence-corrected chi connectivity index (χ2v) is 6.11. The first-order valence-electron chi connectivity index (χ1n) is 6.22. The fourth-order valence-electron chi connectivity index (χ4n) is 2.04. The van der Waals surface area contributed by atoms with E-state index in [1.165, 1.54) is 13.1 Å². The first kappa shape index (κ1) is 15.0. The smallest absolute Gasteiger partial charge is 0.265 e. The van der Waals surface area contributed by atoms with Crippen LogP contribution in [-0.2, 0) is 10.0 Å². The largest absolute Gasteiger partial charge is 0.355 e. The highest BCUT2D eigenvalue weighted by molar-refractivity contribution is 7.92. The summed E-state index contributed by atoms with van der Waals surface area (Å²) in [5, 5.41) is 8.98. The Bertz CT molecular complexity index is 761. The van der Waals surface area contributed by atoms with Crippen LogP contribution in [0.3, 0.4) is 0 Å². The number of hydrogen-bond acceptors (Lipinski definition) is 4. The summed E-state index contributed by atoms with van der Waals surface area (Å²) in [6.07, 6.45) is 0. The summed E-state index contributed by atoms with van der Waals surface area (Å²) < 4.78 is 27.4. The van der Waals surface area contributed by atoms with Crippen molar-refractivity contribution in [3.05, 3.63) is 41.2 Å². The van der Waals surface area contributed by atoms with Gasteiger partial charge in [-0.25, -0.2) is 8.42 Å². The van der Waals surface area contributed by atoms with Gasteiger partial charge >= 0.3 is 0 Å². The van der Waals surface area contributed by atoms with Crippen molar-refractivity contribution in [1.29, 1.82) is 0 Å². The Kier molecular flexibility index (Phi) is 3.99. The summed E-state index contributed by atoms with van der Waals surface area (Å²) in [5.41, 5.74) is 1.29. The molecule has 1 amide bonds. The summed E-state index contributed by atoms with van der Waals surface area (Å²) in [7, 11) is -2.34. The van der Waals surface area contributed by atoms with Crippen molar-refractivity contribution < 1.29 is 13.2 Å². The lowest BCUT2D eigenvalue weighted by atomic mass is 10.2. The monoisotopic (exact) mass is 308 g/mol. The number of carbonyl (C=O) groups is 1. The van der Waals surface area contributed by atoms with E-state index in [0.29, 0.717) is 11.4 Å². The molecule has 0 aliphatic carbocycles. The molecular formula is C13H16N4O3S. The lowest BCUT2D eigenvalue weighted by molar-refractivity contribution is 0.0964. The Morgan fingerprint density at radius 3 is 2.48 bits per heavy atom. The molecule has 21 heavy (non-hydrogen) atoms. The molecular weight excluding hydrogens is 292 g/mol. The van der Waals surface area contributed by atoms with E-state index in [9.17, 15) is 13.2 Å². The number of aromatic amines is 1. The van der Waals surface area contributed by atoms with E-state index >= 15 is 0 Å². The molecule has 2 aromatic rings. The molecule has 0 aliphatic heterocycles. The van der Waals surface area contributed by atoms with Crippen LogP contribution < -0.4 is 10.0 Å². The van der Waals surface area contributed by atoms with Crippen molar-refractivity contribution in [2.45, 2.75) is 18.7 Å². The number of aromatic nitrogens is 2. The number of hydrogen-bond donors (Lipinski definition) is 3. The Balaban J connectivity index is 2.45. The molecule has 3 N–H and O–H groups in total. The standard InChI is InChI=1S/C13H16N4O3S/c1-8-12(9(2)16-15-8)21(19,20)17-11-7-5-4-6-10(11)13(18)14-3/h4-7,17H,1-3H3,(H,14,18)(H,15,16). The van der Waals surface area contributed by atoms with E-state index in [1.807, 2.05) is 0 Å². The molecule has 0 saturated heterocycles. The molecule has 112 valence electrons. The maximum Gasteiger partial charge on any atom is 0.265 e. The highest BCUT2D eigenvalue weighted by atomic mass is 32.2. The van der Waals surface area contributed by atoms with E-state index in [0.717, 1.165) is 0 Å². The molecule has 0 unspecified atom stereocenters. The van der Waals surface area contributed by atoms with E-state index in [4.69, 9.17) is 0 Å². The van der Waals surface area contributed by atoms with Gasteiger partial charge in [0.1, 0.15) is 4.90 Å². The molecule has 1 aromatic heterocycles. The first-order valence-corrected chi connectivity index (χ1v) is 7.70. The van der Waals surface area contributed by atoms with Gasteiger partial charge in [0.15, 0.2) is 0 Å². The molecule has 1 heterocycles. The predicted molar refractivity (Wildman–Crippen MR) is 78.7 cm³/mol. The summed E-state index contributed by atoms with van der Waals surface area (Å²) in [4.78, 5) is 11.9. The minimum Gasteiger partial charge on any atom is -0.355 e. The van der Waals surface area contributed by atoms with Crippen LogP contribution in [0.15, 0.2) is 29.2 Å². The van der Waals surface area contributed by atoms with Gasteiger partial charge in [0.2, 0.25) is 0 Å². The van der Waals surface area contributed by atoms with E-state index < -0.39 is 10.0 Å². The van der Waals surface area contributed by atoms with Crippen LogP contribution in [0, 0.1) is 13.8 Å². The molecule has 0 aliphatic rings. The van der Waals surface area contributed by atoms with Crippen molar-refractivity contribution in [2.75, 3.05) is 11.8 Å². The lowest BCUT2D eigenvalue weighted by Gasteiger charge is -2.11. The van der Waals surface area contributed by atoms with Gasteiger partial charge in [0.05, 0.1) is 22.6 Å². The third-order valence-corrected chi connectivity index (χ3v) is 4.60. The highest BCUT2D eigenvalue weighted by Gasteiger charge is 2.24. The van der Waals surface area contributed by atoms with E-state index in [2.05, 4.69) is 20.2 Å². The van der Waals surface area contributed by atoms with Crippen molar-refractivity contribution in [3.63, 3.8) is 0 Å². The zero-order valence-corrected chi connectivity index (χ0v) is 12.7. The van der Waals surface area contributed by atoms with E-state index in [-0.39, 0.29) is 22.1 Å². The average molecular weight is 308 g/mol. The number of sulfonamides is 1. The average Bonchev–Trinajstić information content (AvgIpc) is 2.78. The maximum absolute atomic E-state index is 12.5. The number of amides is 1. The Labute approximate surface area is 122 Å². The van der Waals surface area contributed by atoms with Gasteiger partial charge in [-0.3, -0.25) is 14.6 Å². The van der Waals surface area contributed by atoms with Gasteiger partial charge < -0.3 is 5.32 Å². The third-order valence-electron chi connectivity index (χ3n) is 2.97. The SMILES string of the molecule is CNC(=O)c1ccccc1NS(=O)(=O)c1c(C)n[nH]c1C. The number of nitrogens with one attached hydrogen (secondary N) is 3. The number of rotatable bonds is 4. The Morgan fingerprint density at radius 1 is 1.24 bits per heavy atom. The molecule has 1 aromatic carbocycles. The number of carbonyl (C=O) groups excluding carboxylic acids is 1. The molecule has 2 rings (SSSR count). The highest BCUT2D eigenvalue weighted by Crippen LogP contribution is 2.23. The minimum atomic E-state index is -3.82. The van der Waals surface area contributed by atoms with Crippen molar-refractivity contribution >= 4 is 21.6 Å². The second kappa shape index (κ2) is 5.57. The van der Waals surface area contributed by atoms with Crippen molar-refractivity contribution in [1.82, 2.24) is 15.5 Å². The van der Waals surface area contributed by atoms with Crippen LogP contribution in [0.2, 0.25) is 0 Å². The Morgan fingerprint density at radius 2 is 1.90 bits per heavy atom. The molecule has 0 atom stereocenters. The minimum absolute atomic E-state index is 0.0919. The van der Waals surface area contributed by atoms with E-state index in [1.54, 1.807) is 32.0 Å². The molecule has 0 spiro atoms. The van der Waals surface area contributed by atoms with Gasteiger partial charge in [-0.15, -0.1) is 0 Å². The summed E-state index contributed by atoms with van der Waals surface area (Å²) in [6.45, 7) is 3.22. The molecule has 7 nitrogen and oxygen atoms in total. The van der Waals surface area contributed by atoms with Crippen molar-refractivity contribution in [2.24, 2.45) is 0 Å². The van der Waals surface area contributed by atoms with Crippen LogP contribution in [0.5, 0.6) is 0 Å². The van der Waals surface area contributed by atoms with Crippen LogP contribution in [-0.4, -0.2) is 31.6 Å². The number of para-hydroxylation sites is 1. The van der Waals surface area contributed by atoms with Gasteiger partial charge in [-0.2, -0.15) is 5.10 Å². The molecule has 0 fully saturated rings. The predicted octanol–water partition coefficient (Wildman–Crippen LogP) is 1.19. The number of nitrogens with zero attached hydrogens (tertiary/aromatic N) is 1. The molecule has 8 heteroatoms. The summed E-state index contributed by atoms with van der Waals surface area (Å²) in [5.74, 6) is -0.367. The lowest BCUT2D eigenvalue weighted by Crippen LogP contribution is -2.22. The van der Waals surface area contributed by atoms with Gasteiger partial charge in [-0.1, -0.05) is 12.1 Å². The third kappa shape index (κ3) is 2.89. The van der Waals surface area contributed by atoms with Crippen LogP contribution >= 0.6 is 0 Å². The topological polar surface area (TPSA) is 104 Å². The van der Waals surface area contributed by atoms with Crippen LogP contribution in [0.1, 0.15) is 21.7 Å². The van der Waals surface area contributed by atoms with Crippen molar-refractivity contribution in [3.8, 4) is 0 Å². The molecule has 0 radical (unpaired) electrons. The second-order valence-electron chi connectivity index (χ2n) is 4.49. The number of anilines is 1. The molecule has 0 bridgehead atoms. The molecule has 0 saturated carbocycles. The zero-order valence-electron chi connectivity index (χ0n) is 11.9. The first-order chi connectivity index (χ1) is 9.86. The number of H-pyrrole nitrogens is 1. The Hall–Kier alpha value is -2.35. The van der Waals surface area contributed by atoms with Gasteiger partial charge in [-0.05, 0) is 26.0 Å². The van der Waals surface area contributed by atoms with Gasteiger partial charge in [0, 0.05) is 7.05 Å². The maximum atomic E-state index is 12.5. The van der Waals surface area contributed by atoms with Crippen LogP contribution in [0.25, 0.3) is 0 Å². The number of aryl methyl sites for hydroxylation is 2. The number of benzene rings is 1. The summed E-state index contributed by atoms with van der Waals surface area (Å²) >= 11 is 0. The quantitative estimate of drug-likeness (QED) is 0.789. The fourth-order valence-corrected chi connectivity index (χ4v) is 3.49.